The van der Waals surface area contributed by atoms with Gasteiger partial charge in [-0.05, 0) is 55.9 Å². The molecule has 0 bridgehead atoms. The van der Waals surface area contributed by atoms with Crippen LogP contribution in [0.5, 0.6) is 0 Å². The van der Waals surface area contributed by atoms with Crippen LogP contribution in [0, 0.1) is 0 Å². The van der Waals surface area contributed by atoms with Crippen molar-refractivity contribution in [1.82, 2.24) is 15.0 Å². The van der Waals surface area contributed by atoms with Crippen molar-refractivity contribution in [2.24, 2.45) is 5.10 Å². The Balaban J connectivity index is 1.55. The second-order valence-corrected chi connectivity index (χ2v) is 8.83. The lowest BCUT2D eigenvalue weighted by Gasteiger charge is -2.14. The Kier molecular flexibility index (Phi) is 5.72. The van der Waals surface area contributed by atoms with Crippen molar-refractivity contribution in [2.75, 3.05) is 0 Å². The van der Waals surface area contributed by atoms with E-state index in [4.69, 9.17) is 23.2 Å². The third-order valence-electron chi connectivity index (χ3n) is 5.03. The first-order valence-corrected chi connectivity index (χ1v) is 10.8. The summed E-state index contributed by atoms with van der Waals surface area (Å²) in [6, 6.07) is 4.28. The Bertz CT molecular complexity index is 1190. The van der Waals surface area contributed by atoms with E-state index in [-0.39, 0.29) is 5.56 Å². The van der Waals surface area contributed by atoms with Crippen LogP contribution in [0.1, 0.15) is 41.8 Å². The van der Waals surface area contributed by atoms with Gasteiger partial charge < -0.3 is 0 Å². The number of aryl methyl sites for hydroxylation is 2. The number of amides is 1. The van der Waals surface area contributed by atoms with Gasteiger partial charge in [0.05, 0.1) is 28.0 Å². The summed E-state index contributed by atoms with van der Waals surface area (Å²) in [5, 5.41) is 5.46. The Hall–Kier alpha value is -2.22. The highest BCUT2D eigenvalue weighted by atomic mass is 35.5. The van der Waals surface area contributed by atoms with E-state index in [0.717, 1.165) is 36.1 Å². The van der Waals surface area contributed by atoms with E-state index >= 15 is 0 Å². The van der Waals surface area contributed by atoms with E-state index in [1.54, 1.807) is 36.5 Å². The molecule has 3 aromatic rings. The predicted molar refractivity (Wildman–Crippen MR) is 117 cm³/mol. The van der Waals surface area contributed by atoms with E-state index in [9.17, 15) is 9.59 Å². The quantitative estimate of drug-likeness (QED) is 0.475. The fourth-order valence-corrected chi connectivity index (χ4v) is 4.94. The molecule has 0 fully saturated rings. The zero-order valence-corrected chi connectivity index (χ0v) is 17.9. The number of fused-ring (bicyclic) bond motifs is 3. The largest absolute Gasteiger partial charge is 0.286 e. The number of nitrogens with one attached hydrogen (secondary N) is 1. The Morgan fingerprint density at radius 2 is 2.10 bits per heavy atom. The highest BCUT2D eigenvalue weighted by Gasteiger charge is 2.23. The standard InChI is InChI=1S/C20H18Cl2N4O2S/c1-11(18(27)25-24-9-12-6-7-14(21)15(22)8-12)26-10-23-19-17(20(26)28)13-4-2-3-5-16(13)29-19/h6-11H,2-5H2,1H3,(H,25,27)/b24-9-/t11-/m0/s1. The van der Waals surface area contributed by atoms with Crippen LogP contribution in [0.15, 0.2) is 34.4 Å². The van der Waals surface area contributed by atoms with Crippen LogP contribution in [0.2, 0.25) is 10.0 Å². The molecule has 150 valence electrons. The summed E-state index contributed by atoms with van der Waals surface area (Å²) in [5.74, 6) is -0.409. The van der Waals surface area contributed by atoms with Gasteiger partial charge in [0, 0.05) is 4.88 Å². The lowest BCUT2D eigenvalue weighted by molar-refractivity contribution is -0.123. The SMILES string of the molecule is C[C@@H](C(=O)N/N=C\c1ccc(Cl)c(Cl)c1)n1cnc2sc3c(c2c1=O)CCCC3. The van der Waals surface area contributed by atoms with E-state index in [1.165, 1.54) is 22.0 Å². The summed E-state index contributed by atoms with van der Waals surface area (Å²) in [7, 11) is 0. The first kappa shape index (κ1) is 20.1. The minimum absolute atomic E-state index is 0.175. The van der Waals surface area contributed by atoms with Gasteiger partial charge >= 0.3 is 0 Å². The Morgan fingerprint density at radius 3 is 2.90 bits per heavy atom. The first-order chi connectivity index (χ1) is 14.0. The summed E-state index contributed by atoms with van der Waals surface area (Å²) in [4.78, 5) is 32.0. The van der Waals surface area contributed by atoms with Crippen LogP contribution in [0.4, 0.5) is 0 Å². The van der Waals surface area contributed by atoms with Gasteiger partial charge in [-0.2, -0.15) is 5.10 Å². The van der Waals surface area contributed by atoms with Crippen molar-refractivity contribution in [3.63, 3.8) is 0 Å². The third-order valence-corrected chi connectivity index (χ3v) is 6.97. The number of carbonyl (C=O) groups excluding carboxylic acids is 1. The molecule has 1 amide bonds. The van der Waals surface area contributed by atoms with Gasteiger partial charge in [0.15, 0.2) is 0 Å². The maximum absolute atomic E-state index is 13.1. The number of halogens is 2. The minimum Gasteiger partial charge on any atom is -0.286 e. The van der Waals surface area contributed by atoms with E-state index in [2.05, 4.69) is 15.5 Å². The highest BCUT2D eigenvalue weighted by Crippen LogP contribution is 2.33. The molecule has 2 heterocycles. The molecule has 0 aliphatic heterocycles. The molecule has 1 atom stereocenters. The molecule has 4 rings (SSSR count). The zero-order chi connectivity index (χ0) is 20.5. The van der Waals surface area contributed by atoms with Crippen molar-refractivity contribution < 1.29 is 4.79 Å². The van der Waals surface area contributed by atoms with Gasteiger partial charge in [0.1, 0.15) is 10.9 Å². The number of aromatic nitrogens is 2. The highest BCUT2D eigenvalue weighted by molar-refractivity contribution is 7.18. The summed E-state index contributed by atoms with van der Waals surface area (Å²) >= 11 is 13.4. The molecule has 0 radical (unpaired) electrons. The second-order valence-electron chi connectivity index (χ2n) is 6.93. The van der Waals surface area contributed by atoms with Crippen LogP contribution in [-0.4, -0.2) is 21.7 Å². The molecule has 29 heavy (non-hydrogen) atoms. The van der Waals surface area contributed by atoms with E-state index in [0.29, 0.717) is 21.0 Å². The smallest absolute Gasteiger partial charge is 0.263 e. The van der Waals surface area contributed by atoms with Crippen molar-refractivity contribution in [2.45, 2.75) is 38.6 Å². The molecule has 0 saturated carbocycles. The lowest BCUT2D eigenvalue weighted by atomic mass is 9.97. The average Bonchev–Trinajstić information content (AvgIpc) is 3.10. The van der Waals surface area contributed by atoms with Crippen LogP contribution >= 0.6 is 34.5 Å². The average molecular weight is 449 g/mol. The van der Waals surface area contributed by atoms with Crippen molar-refractivity contribution >= 4 is 56.9 Å². The van der Waals surface area contributed by atoms with Gasteiger partial charge in [-0.25, -0.2) is 10.4 Å². The number of benzene rings is 1. The lowest BCUT2D eigenvalue weighted by Crippen LogP contribution is -2.34. The summed E-state index contributed by atoms with van der Waals surface area (Å²) in [6.45, 7) is 1.65. The normalized spacial score (nSPS) is 14.9. The molecule has 1 N–H and O–H groups in total. The number of nitrogens with zero attached hydrogens (tertiary/aromatic N) is 3. The van der Waals surface area contributed by atoms with Gasteiger partial charge in [-0.15, -0.1) is 11.3 Å². The predicted octanol–water partition coefficient (Wildman–Crippen LogP) is 4.35. The Morgan fingerprint density at radius 1 is 1.31 bits per heavy atom. The minimum atomic E-state index is -0.746. The summed E-state index contributed by atoms with van der Waals surface area (Å²) in [6.07, 6.45) is 7.02. The number of hydrogen-bond acceptors (Lipinski definition) is 5. The number of thiophene rings is 1. The van der Waals surface area contributed by atoms with Gasteiger partial charge in [-0.1, -0.05) is 29.3 Å². The fourth-order valence-electron chi connectivity index (χ4n) is 3.42. The molecular formula is C20H18Cl2N4O2S. The van der Waals surface area contributed by atoms with Gasteiger partial charge in [-0.3, -0.25) is 14.2 Å². The van der Waals surface area contributed by atoms with Gasteiger partial charge in [0.25, 0.3) is 11.5 Å². The molecule has 1 aliphatic carbocycles. The number of hydrazone groups is 1. The van der Waals surface area contributed by atoms with Crippen LogP contribution in [-0.2, 0) is 17.6 Å². The molecule has 0 saturated heterocycles. The monoisotopic (exact) mass is 448 g/mol. The topological polar surface area (TPSA) is 76.3 Å². The van der Waals surface area contributed by atoms with E-state index < -0.39 is 11.9 Å². The number of hydrogen-bond donors (Lipinski definition) is 1. The maximum Gasteiger partial charge on any atom is 0.263 e. The molecule has 1 aromatic carbocycles. The molecule has 9 heteroatoms. The summed E-state index contributed by atoms with van der Waals surface area (Å²) < 4.78 is 1.37. The molecule has 0 unspecified atom stereocenters. The molecule has 2 aromatic heterocycles. The van der Waals surface area contributed by atoms with Crippen molar-refractivity contribution in [1.29, 1.82) is 0 Å². The Labute approximate surface area is 181 Å². The first-order valence-electron chi connectivity index (χ1n) is 9.25. The van der Waals surface area contributed by atoms with E-state index in [1.807, 2.05) is 0 Å². The van der Waals surface area contributed by atoms with Crippen LogP contribution in [0.3, 0.4) is 0 Å². The number of rotatable bonds is 4. The summed E-state index contributed by atoms with van der Waals surface area (Å²) in [5.41, 5.74) is 4.09. The van der Waals surface area contributed by atoms with Gasteiger partial charge in [0.2, 0.25) is 0 Å². The van der Waals surface area contributed by atoms with Crippen LogP contribution in [0.25, 0.3) is 10.2 Å². The molecular weight excluding hydrogens is 431 g/mol. The van der Waals surface area contributed by atoms with Crippen LogP contribution < -0.4 is 11.0 Å². The van der Waals surface area contributed by atoms with Crippen molar-refractivity contribution in [3.8, 4) is 0 Å². The van der Waals surface area contributed by atoms with Crippen molar-refractivity contribution in [3.05, 3.63) is 60.9 Å². The molecule has 0 spiro atoms. The maximum atomic E-state index is 13.1. The zero-order valence-electron chi connectivity index (χ0n) is 15.6. The molecule has 1 aliphatic rings. The molecule has 6 nitrogen and oxygen atoms in total. The fraction of sp³-hybridized carbons (Fsp3) is 0.300. The number of carbonyl (C=O) groups is 1. The third kappa shape index (κ3) is 3.95. The second kappa shape index (κ2) is 8.26.